The molecule has 2 fully saturated rings. The molecule has 6 heteroatoms. The van der Waals surface area contributed by atoms with Gasteiger partial charge in [0.25, 0.3) is 0 Å². The molecule has 2 saturated heterocycles. The summed E-state index contributed by atoms with van der Waals surface area (Å²) in [6.45, 7) is 4.62. The lowest BCUT2D eigenvalue weighted by Crippen LogP contribution is -2.40. The first-order valence-corrected chi connectivity index (χ1v) is 8.03. The predicted molar refractivity (Wildman–Crippen MR) is 79.2 cm³/mol. The first kappa shape index (κ1) is 15.5. The van der Waals surface area contributed by atoms with Gasteiger partial charge in [-0.15, -0.1) is 24.2 Å². The Hall–Kier alpha value is 0.420. The SMILES string of the molecule is CC1(CN)CCN(C(=O)C2CSCCS2)C1.Cl. The van der Waals surface area contributed by atoms with Crippen molar-refractivity contribution in [3.8, 4) is 0 Å². The summed E-state index contributed by atoms with van der Waals surface area (Å²) in [5.74, 6) is 3.63. The molecule has 17 heavy (non-hydrogen) atoms. The van der Waals surface area contributed by atoms with Crippen LogP contribution in [-0.4, -0.2) is 52.9 Å². The summed E-state index contributed by atoms with van der Waals surface area (Å²) in [5.41, 5.74) is 5.92. The Labute approximate surface area is 118 Å². The average molecular weight is 297 g/mol. The largest absolute Gasteiger partial charge is 0.341 e. The average Bonchev–Trinajstić information content (AvgIpc) is 2.73. The smallest absolute Gasteiger partial charge is 0.236 e. The van der Waals surface area contributed by atoms with Crippen LogP contribution < -0.4 is 5.73 Å². The van der Waals surface area contributed by atoms with Crippen molar-refractivity contribution in [1.29, 1.82) is 0 Å². The van der Waals surface area contributed by atoms with Crippen LogP contribution in [0.4, 0.5) is 0 Å². The molecule has 2 N–H and O–H groups in total. The van der Waals surface area contributed by atoms with Crippen molar-refractivity contribution in [2.24, 2.45) is 11.1 Å². The molecule has 2 atom stereocenters. The normalized spacial score (nSPS) is 33.3. The number of halogens is 1. The van der Waals surface area contributed by atoms with Crippen molar-refractivity contribution in [2.75, 3.05) is 36.9 Å². The number of carbonyl (C=O) groups excluding carboxylic acids is 1. The highest BCUT2D eigenvalue weighted by Crippen LogP contribution is 2.32. The van der Waals surface area contributed by atoms with Crippen LogP contribution >= 0.6 is 35.9 Å². The van der Waals surface area contributed by atoms with E-state index in [2.05, 4.69) is 6.92 Å². The van der Waals surface area contributed by atoms with Gasteiger partial charge < -0.3 is 10.6 Å². The zero-order valence-electron chi connectivity index (χ0n) is 10.2. The standard InChI is InChI=1S/C11H20N2OS2.ClH/c1-11(7-12)2-3-13(8-11)10(14)9-6-15-4-5-16-9;/h9H,2-8,12H2,1H3;1H. The maximum Gasteiger partial charge on any atom is 0.236 e. The molecule has 0 saturated carbocycles. The van der Waals surface area contributed by atoms with E-state index in [9.17, 15) is 4.79 Å². The van der Waals surface area contributed by atoms with Gasteiger partial charge in [-0.3, -0.25) is 4.79 Å². The van der Waals surface area contributed by atoms with Crippen molar-refractivity contribution in [1.82, 2.24) is 4.90 Å². The molecule has 0 bridgehead atoms. The molecule has 100 valence electrons. The molecular formula is C11H21ClN2OS2. The first-order valence-electron chi connectivity index (χ1n) is 5.83. The van der Waals surface area contributed by atoms with Gasteiger partial charge in [0.1, 0.15) is 0 Å². The summed E-state index contributed by atoms with van der Waals surface area (Å²) in [7, 11) is 0. The van der Waals surface area contributed by atoms with E-state index in [-0.39, 0.29) is 23.1 Å². The maximum absolute atomic E-state index is 12.3. The van der Waals surface area contributed by atoms with Gasteiger partial charge in [0.15, 0.2) is 0 Å². The molecule has 0 aromatic rings. The Kier molecular flexibility index (Phi) is 5.96. The number of nitrogens with two attached hydrogens (primary N) is 1. The Balaban J connectivity index is 0.00000144. The zero-order chi connectivity index (χ0) is 11.6. The Morgan fingerprint density at radius 3 is 2.82 bits per heavy atom. The minimum atomic E-state index is 0. The highest BCUT2D eigenvalue weighted by molar-refractivity contribution is 8.07. The number of hydrogen-bond donors (Lipinski definition) is 1. The lowest BCUT2D eigenvalue weighted by molar-refractivity contribution is -0.129. The fourth-order valence-corrected chi connectivity index (χ4v) is 4.84. The molecule has 2 unspecified atom stereocenters. The lowest BCUT2D eigenvalue weighted by atomic mass is 9.90. The highest BCUT2D eigenvalue weighted by Gasteiger charge is 2.37. The molecule has 0 radical (unpaired) electrons. The number of rotatable bonds is 2. The molecule has 0 spiro atoms. The molecule has 3 nitrogen and oxygen atoms in total. The third-order valence-corrected chi connectivity index (χ3v) is 6.20. The second-order valence-corrected chi connectivity index (χ2v) is 7.42. The summed E-state index contributed by atoms with van der Waals surface area (Å²) >= 11 is 3.73. The second kappa shape index (κ2) is 6.55. The second-order valence-electron chi connectivity index (χ2n) is 4.96. The summed E-state index contributed by atoms with van der Waals surface area (Å²) in [5, 5.41) is 0.193. The van der Waals surface area contributed by atoms with Crippen LogP contribution in [-0.2, 0) is 4.79 Å². The number of likely N-dealkylation sites (tertiary alicyclic amines) is 1. The number of hydrogen-bond acceptors (Lipinski definition) is 4. The van der Waals surface area contributed by atoms with E-state index in [1.54, 1.807) is 0 Å². The van der Waals surface area contributed by atoms with Gasteiger partial charge in [0.2, 0.25) is 5.91 Å². The minimum Gasteiger partial charge on any atom is -0.341 e. The molecule has 2 rings (SSSR count). The quantitative estimate of drug-likeness (QED) is 0.838. The van der Waals surface area contributed by atoms with Crippen molar-refractivity contribution in [3.63, 3.8) is 0 Å². The minimum absolute atomic E-state index is 0. The number of carbonyl (C=O) groups is 1. The van der Waals surface area contributed by atoms with E-state index in [1.165, 1.54) is 5.75 Å². The fraction of sp³-hybridized carbons (Fsp3) is 0.909. The summed E-state index contributed by atoms with van der Waals surface area (Å²) in [6, 6.07) is 0. The van der Waals surface area contributed by atoms with E-state index in [0.717, 1.165) is 31.0 Å². The lowest BCUT2D eigenvalue weighted by Gasteiger charge is -2.27. The van der Waals surface area contributed by atoms with Crippen molar-refractivity contribution in [2.45, 2.75) is 18.6 Å². The number of amides is 1. The first-order chi connectivity index (χ1) is 7.64. The topological polar surface area (TPSA) is 46.3 Å². The van der Waals surface area contributed by atoms with E-state index in [0.29, 0.717) is 12.5 Å². The van der Waals surface area contributed by atoms with Gasteiger partial charge in [0.05, 0.1) is 5.25 Å². The molecule has 0 aliphatic carbocycles. The van der Waals surface area contributed by atoms with Crippen LogP contribution in [0.2, 0.25) is 0 Å². The Morgan fingerprint density at radius 2 is 2.29 bits per heavy atom. The summed E-state index contributed by atoms with van der Waals surface area (Å²) in [4.78, 5) is 14.3. The molecule has 2 aliphatic heterocycles. The zero-order valence-corrected chi connectivity index (χ0v) is 12.6. The van der Waals surface area contributed by atoms with E-state index >= 15 is 0 Å². The molecule has 2 aliphatic rings. The summed E-state index contributed by atoms with van der Waals surface area (Å²) < 4.78 is 0. The maximum atomic E-state index is 12.3. The van der Waals surface area contributed by atoms with Crippen LogP contribution in [0, 0.1) is 5.41 Å². The van der Waals surface area contributed by atoms with Crippen LogP contribution in [0.5, 0.6) is 0 Å². The van der Waals surface area contributed by atoms with Crippen LogP contribution in [0.1, 0.15) is 13.3 Å². The molecule has 0 aromatic carbocycles. The Morgan fingerprint density at radius 1 is 1.53 bits per heavy atom. The van der Waals surface area contributed by atoms with Crippen molar-refractivity contribution >= 4 is 41.8 Å². The van der Waals surface area contributed by atoms with E-state index in [1.807, 2.05) is 28.4 Å². The van der Waals surface area contributed by atoms with Gasteiger partial charge in [-0.2, -0.15) is 11.8 Å². The number of nitrogens with zero attached hydrogens (tertiary/aromatic N) is 1. The van der Waals surface area contributed by atoms with Crippen LogP contribution in [0.15, 0.2) is 0 Å². The molecular weight excluding hydrogens is 276 g/mol. The van der Waals surface area contributed by atoms with E-state index in [4.69, 9.17) is 5.73 Å². The van der Waals surface area contributed by atoms with Crippen LogP contribution in [0.25, 0.3) is 0 Å². The van der Waals surface area contributed by atoms with Gasteiger partial charge in [-0.1, -0.05) is 6.92 Å². The molecule has 2 heterocycles. The van der Waals surface area contributed by atoms with Crippen molar-refractivity contribution in [3.05, 3.63) is 0 Å². The third kappa shape index (κ3) is 3.69. The van der Waals surface area contributed by atoms with Gasteiger partial charge in [-0.05, 0) is 18.4 Å². The Bertz CT molecular complexity index is 274. The van der Waals surface area contributed by atoms with E-state index < -0.39 is 0 Å². The van der Waals surface area contributed by atoms with Gasteiger partial charge >= 0.3 is 0 Å². The number of thioether (sulfide) groups is 2. The monoisotopic (exact) mass is 296 g/mol. The highest BCUT2D eigenvalue weighted by atomic mass is 35.5. The predicted octanol–water partition coefficient (Wildman–Crippen LogP) is 1.45. The van der Waals surface area contributed by atoms with Crippen molar-refractivity contribution < 1.29 is 4.79 Å². The molecule has 1 amide bonds. The third-order valence-electron chi connectivity index (χ3n) is 3.45. The summed E-state index contributed by atoms with van der Waals surface area (Å²) in [6.07, 6.45) is 1.06. The van der Waals surface area contributed by atoms with Crippen LogP contribution in [0.3, 0.4) is 0 Å². The van der Waals surface area contributed by atoms with Gasteiger partial charge in [0, 0.05) is 30.3 Å². The molecule has 0 aromatic heterocycles. The van der Waals surface area contributed by atoms with Gasteiger partial charge in [-0.25, -0.2) is 0 Å². The fourth-order valence-electron chi connectivity index (χ4n) is 2.21.